The van der Waals surface area contributed by atoms with Crippen molar-refractivity contribution in [3.05, 3.63) is 35.9 Å². The quantitative estimate of drug-likeness (QED) is 0.741. The zero-order chi connectivity index (χ0) is 15.7. The molecule has 1 aromatic rings. The van der Waals surface area contributed by atoms with Crippen molar-refractivity contribution in [3.63, 3.8) is 0 Å². The average Bonchev–Trinajstić information content (AvgIpc) is 2.41. The molecular formula is C17H27NO2S. The van der Waals surface area contributed by atoms with Crippen molar-refractivity contribution in [1.82, 2.24) is 5.32 Å². The van der Waals surface area contributed by atoms with E-state index in [0.717, 1.165) is 18.7 Å². The molecule has 0 saturated heterocycles. The van der Waals surface area contributed by atoms with E-state index >= 15 is 0 Å². The monoisotopic (exact) mass is 309 g/mol. The Morgan fingerprint density at radius 3 is 2.52 bits per heavy atom. The highest BCUT2D eigenvalue weighted by Gasteiger charge is 2.17. The molecule has 0 amide bonds. The summed E-state index contributed by atoms with van der Waals surface area (Å²) in [6.07, 6.45) is 1.10. The van der Waals surface area contributed by atoms with Crippen molar-refractivity contribution in [2.45, 2.75) is 45.8 Å². The number of esters is 1. The van der Waals surface area contributed by atoms with Crippen LogP contribution in [0.2, 0.25) is 0 Å². The van der Waals surface area contributed by atoms with Crippen molar-refractivity contribution >= 4 is 17.7 Å². The van der Waals surface area contributed by atoms with Gasteiger partial charge in [-0.25, -0.2) is 0 Å². The summed E-state index contributed by atoms with van der Waals surface area (Å²) in [6.45, 7) is 8.82. The number of hydrogen-bond donors (Lipinski definition) is 1. The van der Waals surface area contributed by atoms with Crippen LogP contribution >= 0.6 is 11.8 Å². The summed E-state index contributed by atoms with van der Waals surface area (Å²) >= 11 is 1.62. The first kappa shape index (κ1) is 18.1. The van der Waals surface area contributed by atoms with Gasteiger partial charge >= 0.3 is 5.97 Å². The maximum absolute atomic E-state index is 11.7. The Balaban J connectivity index is 2.45. The second kappa shape index (κ2) is 9.11. The third-order valence-corrected chi connectivity index (χ3v) is 3.78. The maximum Gasteiger partial charge on any atom is 0.316 e. The zero-order valence-corrected chi connectivity index (χ0v) is 14.3. The van der Waals surface area contributed by atoms with Crippen LogP contribution in [0.1, 0.15) is 45.7 Å². The Kier molecular flexibility index (Phi) is 7.83. The minimum absolute atomic E-state index is 0.144. The van der Waals surface area contributed by atoms with E-state index in [0.29, 0.717) is 5.75 Å². The first-order valence-corrected chi connectivity index (χ1v) is 8.65. The summed E-state index contributed by atoms with van der Waals surface area (Å²) < 4.78 is 5.33. The smallest absolute Gasteiger partial charge is 0.316 e. The molecule has 0 radical (unpaired) electrons. The normalized spacial score (nSPS) is 13.0. The molecule has 0 aliphatic rings. The van der Waals surface area contributed by atoms with Gasteiger partial charge in [0.25, 0.3) is 0 Å². The Labute approximate surface area is 132 Å². The predicted molar refractivity (Wildman–Crippen MR) is 90.6 cm³/mol. The Morgan fingerprint density at radius 2 is 1.95 bits per heavy atom. The molecule has 0 heterocycles. The van der Waals surface area contributed by atoms with Crippen molar-refractivity contribution in [2.75, 3.05) is 18.1 Å². The van der Waals surface area contributed by atoms with Gasteiger partial charge in [0.2, 0.25) is 0 Å². The van der Waals surface area contributed by atoms with Gasteiger partial charge in [0.1, 0.15) is 5.60 Å². The van der Waals surface area contributed by atoms with E-state index in [4.69, 9.17) is 4.74 Å². The minimum atomic E-state index is -0.406. The van der Waals surface area contributed by atoms with Crippen LogP contribution < -0.4 is 5.32 Å². The molecule has 0 fully saturated rings. The van der Waals surface area contributed by atoms with Gasteiger partial charge in [-0.15, -0.1) is 11.8 Å². The molecule has 0 saturated carbocycles. The Morgan fingerprint density at radius 1 is 1.29 bits per heavy atom. The van der Waals surface area contributed by atoms with E-state index < -0.39 is 5.60 Å². The third kappa shape index (κ3) is 8.12. The third-order valence-electron chi connectivity index (χ3n) is 2.77. The fourth-order valence-corrected chi connectivity index (χ4v) is 2.80. The molecule has 3 nitrogen and oxygen atoms in total. The van der Waals surface area contributed by atoms with Crippen LogP contribution in [0.4, 0.5) is 0 Å². The second-order valence-electron chi connectivity index (χ2n) is 6.02. The highest BCUT2D eigenvalue weighted by atomic mass is 32.2. The van der Waals surface area contributed by atoms with Crippen LogP contribution in [-0.4, -0.2) is 29.6 Å². The van der Waals surface area contributed by atoms with Gasteiger partial charge in [0, 0.05) is 11.8 Å². The molecular weight excluding hydrogens is 282 g/mol. The van der Waals surface area contributed by atoms with Gasteiger partial charge in [-0.2, -0.15) is 0 Å². The highest BCUT2D eigenvalue weighted by molar-refractivity contribution is 7.99. The van der Waals surface area contributed by atoms with Crippen LogP contribution in [0, 0.1) is 0 Å². The molecule has 118 valence electrons. The molecule has 1 aromatic carbocycles. The standard InChI is InChI=1S/C17H27NO2S/c1-5-11-18-15(14-9-7-6-8-10-14)12-21-13-16(19)20-17(2,3)4/h6-10,15,18H,5,11-13H2,1-4H3. The topological polar surface area (TPSA) is 38.3 Å². The van der Waals surface area contributed by atoms with Crippen molar-refractivity contribution < 1.29 is 9.53 Å². The lowest BCUT2D eigenvalue weighted by atomic mass is 10.1. The number of rotatable bonds is 8. The lowest BCUT2D eigenvalue weighted by Gasteiger charge is -2.21. The number of benzene rings is 1. The molecule has 1 unspecified atom stereocenters. The van der Waals surface area contributed by atoms with Gasteiger partial charge in [-0.3, -0.25) is 4.79 Å². The van der Waals surface area contributed by atoms with Gasteiger partial charge in [-0.05, 0) is 39.3 Å². The molecule has 0 aliphatic carbocycles. The van der Waals surface area contributed by atoms with E-state index in [-0.39, 0.29) is 12.0 Å². The minimum Gasteiger partial charge on any atom is -0.459 e. The maximum atomic E-state index is 11.7. The van der Waals surface area contributed by atoms with E-state index in [2.05, 4.69) is 36.5 Å². The van der Waals surface area contributed by atoms with Crippen molar-refractivity contribution in [2.24, 2.45) is 0 Å². The molecule has 21 heavy (non-hydrogen) atoms. The predicted octanol–water partition coefficient (Wildman–Crippen LogP) is 3.80. The summed E-state index contributed by atoms with van der Waals surface area (Å²) in [5.74, 6) is 1.12. The van der Waals surface area contributed by atoms with Gasteiger partial charge < -0.3 is 10.1 Å². The van der Waals surface area contributed by atoms with E-state index in [1.165, 1.54) is 5.56 Å². The Hall–Kier alpha value is -1.00. The highest BCUT2D eigenvalue weighted by Crippen LogP contribution is 2.19. The molecule has 0 bridgehead atoms. The van der Waals surface area contributed by atoms with Crippen molar-refractivity contribution in [3.8, 4) is 0 Å². The van der Waals surface area contributed by atoms with E-state index in [9.17, 15) is 4.79 Å². The summed E-state index contributed by atoms with van der Waals surface area (Å²) in [7, 11) is 0. The van der Waals surface area contributed by atoms with Crippen molar-refractivity contribution in [1.29, 1.82) is 0 Å². The molecule has 4 heteroatoms. The van der Waals surface area contributed by atoms with Crippen LogP contribution in [0.3, 0.4) is 0 Å². The fraction of sp³-hybridized carbons (Fsp3) is 0.588. The zero-order valence-electron chi connectivity index (χ0n) is 13.5. The number of carbonyl (C=O) groups is 1. The molecule has 1 atom stereocenters. The SMILES string of the molecule is CCCNC(CSCC(=O)OC(C)(C)C)c1ccccc1. The second-order valence-corrected chi connectivity index (χ2v) is 7.05. The van der Waals surface area contributed by atoms with Gasteiger partial charge in [-0.1, -0.05) is 37.3 Å². The summed E-state index contributed by atoms with van der Waals surface area (Å²) in [4.78, 5) is 11.7. The van der Waals surface area contributed by atoms with Crippen LogP contribution in [0.15, 0.2) is 30.3 Å². The average molecular weight is 309 g/mol. The molecule has 0 aromatic heterocycles. The number of carbonyl (C=O) groups excluding carboxylic acids is 1. The lowest BCUT2D eigenvalue weighted by molar-refractivity contribution is -0.151. The van der Waals surface area contributed by atoms with Gasteiger partial charge in [0.15, 0.2) is 0 Å². The molecule has 0 aliphatic heterocycles. The fourth-order valence-electron chi connectivity index (χ4n) is 1.91. The summed E-state index contributed by atoms with van der Waals surface area (Å²) in [6, 6.07) is 10.7. The lowest BCUT2D eigenvalue weighted by Crippen LogP contribution is -2.27. The number of ether oxygens (including phenoxy) is 1. The Bertz CT molecular complexity index is 415. The largest absolute Gasteiger partial charge is 0.459 e. The molecule has 1 N–H and O–H groups in total. The van der Waals surface area contributed by atoms with Crippen LogP contribution in [-0.2, 0) is 9.53 Å². The summed E-state index contributed by atoms with van der Waals surface area (Å²) in [5.41, 5.74) is 0.861. The molecule has 1 rings (SSSR count). The number of thioether (sulfide) groups is 1. The summed E-state index contributed by atoms with van der Waals surface area (Å²) in [5, 5.41) is 3.53. The van der Waals surface area contributed by atoms with Gasteiger partial charge in [0.05, 0.1) is 5.75 Å². The first-order valence-electron chi connectivity index (χ1n) is 7.50. The van der Waals surface area contributed by atoms with Crippen LogP contribution in [0.25, 0.3) is 0 Å². The number of nitrogens with one attached hydrogen (secondary N) is 1. The number of hydrogen-bond acceptors (Lipinski definition) is 4. The van der Waals surface area contributed by atoms with Crippen LogP contribution in [0.5, 0.6) is 0 Å². The van der Waals surface area contributed by atoms with E-state index in [1.54, 1.807) is 11.8 Å². The first-order chi connectivity index (χ1) is 9.92. The molecule has 0 spiro atoms. The van der Waals surface area contributed by atoms with E-state index in [1.807, 2.05) is 26.8 Å².